The van der Waals surface area contributed by atoms with E-state index >= 15 is 0 Å². The van der Waals surface area contributed by atoms with Crippen LogP contribution in [-0.4, -0.2) is 61.7 Å². The van der Waals surface area contributed by atoms with Gasteiger partial charge in [0.05, 0.1) is 21.1 Å². The SMILES string of the molecule is C[N+](C)(C)CC(=O)OCN1C(=O)NC(c2ccccc2)(c2ccccc2)C1=O. The molecule has 0 unspecified atom stereocenters. The van der Waals surface area contributed by atoms with Gasteiger partial charge in [-0.3, -0.25) is 4.79 Å². The van der Waals surface area contributed by atoms with Crippen LogP contribution in [0.1, 0.15) is 11.1 Å². The fourth-order valence-electron chi connectivity index (χ4n) is 3.20. The van der Waals surface area contributed by atoms with Crippen LogP contribution in [0, 0.1) is 0 Å². The zero-order valence-electron chi connectivity index (χ0n) is 16.2. The van der Waals surface area contributed by atoms with Crippen LogP contribution in [-0.2, 0) is 19.9 Å². The Morgan fingerprint density at radius 3 is 1.93 bits per heavy atom. The van der Waals surface area contributed by atoms with E-state index in [0.29, 0.717) is 15.6 Å². The van der Waals surface area contributed by atoms with E-state index in [1.165, 1.54) is 0 Å². The molecule has 3 amide bonds. The van der Waals surface area contributed by atoms with Gasteiger partial charge in [0.1, 0.15) is 0 Å². The van der Waals surface area contributed by atoms with Crippen molar-refractivity contribution in [2.24, 2.45) is 0 Å². The molecule has 1 heterocycles. The van der Waals surface area contributed by atoms with Crippen LogP contribution >= 0.6 is 0 Å². The minimum atomic E-state index is -1.36. The van der Waals surface area contributed by atoms with Gasteiger partial charge in [-0.25, -0.2) is 14.5 Å². The maximum absolute atomic E-state index is 13.4. The third-order valence-electron chi connectivity index (χ3n) is 4.48. The first kappa shape index (κ1) is 19.6. The molecule has 0 spiro atoms. The van der Waals surface area contributed by atoms with Gasteiger partial charge < -0.3 is 14.5 Å². The van der Waals surface area contributed by atoms with Crippen molar-refractivity contribution in [3.63, 3.8) is 0 Å². The number of rotatable bonds is 6. The van der Waals surface area contributed by atoms with Gasteiger partial charge in [-0.15, -0.1) is 0 Å². The fraction of sp³-hybridized carbons (Fsp3) is 0.286. The first-order valence-corrected chi connectivity index (χ1v) is 8.95. The van der Waals surface area contributed by atoms with Crippen LogP contribution in [0.5, 0.6) is 0 Å². The normalized spacial score (nSPS) is 16.0. The van der Waals surface area contributed by atoms with Crippen LogP contribution in [0.4, 0.5) is 4.79 Å². The average molecular weight is 382 g/mol. The van der Waals surface area contributed by atoms with Crippen LogP contribution in [0.2, 0.25) is 0 Å². The first-order chi connectivity index (χ1) is 13.2. The molecule has 0 atom stereocenters. The van der Waals surface area contributed by atoms with Gasteiger partial charge in [-0.05, 0) is 11.1 Å². The van der Waals surface area contributed by atoms with Crippen molar-refractivity contribution < 1.29 is 23.6 Å². The number of nitrogens with one attached hydrogen (secondary N) is 1. The Bertz CT molecular complexity index is 836. The van der Waals surface area contributed by atoms with Crippen molar-refractivity contribution in [1.29, 1.82) is 0 Å². The summed E-state index contributed by atoms with van der Waals surface area (Å²) in [5.74, 6) is -0.960. The highest BCUT2D eigenvalue weighted by molar-refractivity contribution is 6.09. The van der Waals surface area contributed by atoms with Crippen LogP contribution in [0.25, 0.3) is 0 Å². The average Bonchev–Trinajstić information content (AvgIpc) is 2.91. The molecule has 2 aromatic carbocycles. The summed E-state index contributed by atoms with van der Waals surface area (Å²) in [5, 5.41) is 2.81. The largest absolute Gasteiger partial charge is 0.439 e. The van der Waals surface area contributed by atoms with E-state index in [0.717, 1.165) is 4.90 Å². The van der Waals surface area contributed by atoms with Crippen molar-refractivity contribution in [3.05, 3.63) is 71.8 Å². The number of carbonyl (C=O) groups is 3. The third-order valence-corrected chi connectivity index (χ3v) is 4.48. The molecule has 0 aliphatic carbocycles. The monoisotopic (exact) mass is 382 g/mol. The van der Waals surface area contributed by atoms with Gasteiger partial charge in [-0.2, -0.15) is 0 Å². The Labute approximate surface area is 164 Å². The van der Waals surface area contributed by atoms with Gasteiger partial charge in [0.25, 0.3) is 5.91 Å². The zero-order valence-corrected chi connectivity index (χ0v) is 16.2. The van der Waals surface area contributed by atoms with Crippen molar-refractivity contribution >= 4 is 17.9 Å². The van der Waals surface area contributed by atoms with Crippen LogP contribution in [0.15, 0.2) is 60.7 Å². The van der Waals surface area contributed by atoms with Crippen LogP contribution < -0.4 is 5.32 Å². The maximum atomic E-state index is 13.4. The number of likely N-dealkylation sites (N-methyl/N-ethyl adjacent to an activating group) is 1. The van der Waals surface area contributed by atoms with Gasteiger partial charge in [0, 0.05) is 0 Å². The molecule has 0 aromatic heterocycles. The number of benzene rings is 2. The Kier molecular flexibility index (Phi) is 5.20. The van der Waals surface area contributed by atoms with E-state index in [9.17, 15) is 14.4 Å². The van der Waals surface area contributed by atoms with E-state index in [1.807, 2.05) is 57.5 Å². The number of quaternary nitrogens is 1. The molecule has 7 nitrogen and oxygen atoms in total. The van der Waals surface area contributed by atoms with Gasteiger partial charge >= 0.3 is 12.0 Å². The third kappa shape index (κ3) is 3.75. The van der Waals surface area contributed by atoms with E-state index in [1.54, 1.807) is 24.3 Å². The van der Waals surface area contributed by atoms with Crippen molar-refractivity contribution in [3.8, 4) is 0 Å². The summed E-state index contributed by atoms with van der Waals surface area (Å²) < 4.78 is 5.58. The number of hydrogen-bond donors (Lipinski definition) is 1. The van der Waals surface area contributed by atoms with Crippen LogP contribution in [0.3, 0.4) is 0 Å². The van der Waals surface area contributed by atoms with Gasteiger partial charge in [0.2, 0.25) is 0 Å². The molecule has 1 N–H and O–H groups in total. The second-order valence-corrected chi connectivity index (χ2v) is 7.74. The number of ether oxygens (including phenoxy) is 1. The minimum Gasteiger partial charge on any atom is -0.439 e. The topological polar surface area (TPSA) is 75.7 Å². The summed E-state index contributed by atoms with van der Waals surface area (Å²) in [6.07, 6.45) is 0. The van der Waals surface area contributed by atoms with E-state index in [-0.39, 0.29) is 6.54 Å². The number of hydrogen-bond acceptors (Lipinski definition) is 4. The minimum absolute atomic E-state index is 0.131. The van der Waals surface area contributed by atoms with E-state index in [2.05, 4.69) is 5.32 Å². The number of imide groups is 1. The van der Waals surface area contributed by atoms with Gasteiger partial charge in [-0.1, -0.05) is 60.7 Å². The Morgan fingerprint density at radius 1 is 0.964 bits per heavy atom. The standard InChI is InChI=1S/C21H23N3O4/c1-24(2,3)14-18(25)28-15-23-19(26)21(22-20(23)27,16-10-6-4-7-11-16)17-12-8-5-9-13-17/h4-13H,14-15H2,1-3H3/p+1. The Hall–Kier alpha value is -3.19. The Morgan fingerprint density at radius 2 is 1.46 bits per heavy atom. The van der Waals surface area contributed by atoms with Crippen molar-refractivity contribution in [1.82, 2.24) is 10.2 Å². The summed E-state index contributed by atoms with van der Waals surface area (Å²) in [6, 6.07) is 17.5. The molecule has 2 aromatic rings. The molecule has 1 aliphatic heterocycles. The number of carbonyl (C=O) groups excluding carboxylic acids is 3. The molecule has 0 saturated carbocycles. The van der Waals surface area contributed by atoms with E-state index in [4.69, 9.17) is 4.74 Å². The molecule has 0 bridgehead atoms. The molecule has 0 radical (unpaired) electrons. The number of urea groups is 1. The molecule has 7 heteroatoms. The molecular weight excluding hydrogens is 358 g/mol. The number of amides is 3. The molecule has 3 rings (SSSR count). The lowest BCUT2D eigenvalue weighted by molar-refractivity contribution is -0.862. The van der Waals surface area contributed by atoms with E-state index < -0.39 is 30.2 Å². The second-order valence-electron chi connectivity index (χ2n) is 7.74. The zero-order chi connectivity index (χ0) is 20.4. The summed E-state index contributed by atoms with van der Waals surface area (Å²) in [6.45, 7) is -0.295. The molecular formula is C21H24N3O4+. The molecule has 28 heavy (non-hydrogen) atoms. The summed E-state index contributed by atoms with van der Waals surface area (Å²) in [4.78, 5) is 39.0. The molecule has 1 fully saturated rings. The number of esters is 1. The van der Waals surface area contributed by atoms with Crippen molar-refractivity contribution in [2.45, 2.75) is 5.54 Å². The first-order valence-electron chi connectivity index (χ1n) is 8.95. The Balaban J connectivity index is 1.91. The summed E-state index contributed by atoms with van der Waals surface area (Å²) >= 11 is 0. The fourth-order valence-corrected chi connectivity index (χ4v) is 3.20. The maximum Gasteiger partial charge on any atom is 0.363 e. The lowest BCUT2D eigenvalue weighted by atomic mass is 9.83. The van der Waals surface area contributed by atoms with Crippen molar-refractivity contribution in [2.75, 3.05) is 34.4 Å². The quantitative estimate of drug-likeness (QED) is 0.469. The lowest BCUT2D eigenvalue weighted by Crippen LogP contribution is -2.45. The highest BCUT2D eigenvalue weighted by atomic mass is 16.5. The predicted octanol–water partition coefficient (Wildman–Crippen LogP) is 1.69. The molecule has 146 valence electrons. The number of nitrogens with zero attached hydrogens (tertiary/aromatic N) is 2. The second kappa shape index (κ2) is 7.44. The molecule has 1 saturated heterocycles. The van der Waals surface area contributed by atoms with Gasteiger partial charge in [0.15, 0.2) is 18.8 Å². The predicted molar refractivity (Wildman–Crippen MR) is 103 cm³/mol. The molecule has 1 aliphatic rings. The summed E-state index contributed by atoms with van der Waals surface area (Å²) in [7, 11) is 5.56. The lowest BCUT2D eigenvalue weighted by Gasteiger charge is -2.28. The highest BCUT2D eigenvalue weighted by Crippen LogP contribution is 2.35. The smallest absolute Gasteiger partial charge is 0.363 e. The summed E-state index contributed by atoms with van der Waals surface area (Å²) in [5.41, 5.74) is -0.0778. The highest BCUT2D eigenvalue weighted by Gasteiger charge is 2.54.